The molecule has 36 heavy (non-hydrogen) atoms. The van der Waals surface area contributed by atoms with Crippen LogP contribution in [0.5, 0.6) is 0 Å². The van der Waals surface area contributed by atoms with Crippen LogP contribution in [0.25, 0.3) is 0 Å². The molecule has 0 saturated carbocycles. The third-order valence-electron chi connectivity index (χ3n) is 5.56. The van der Waals surface area contributed by atoms with Gasteiger partial charge in [-0.15, -0.1) is 0 Å². The van der Waals surface area contributed by atoms with Gasteiger partial charge in [0.05, 0.1) is 17.1 Å². The third kappa shape index (κ3) is 8.62. The maximum Gasteiger partial charge on any atom is 0.338 e. The van der Waals surface area contributed by atoms with E-state index < -0.39 is 10.0 Å². The van der Waals surface area contributed by atoms with Gasteiger partial charge in [0.2, 0.25) is 15.9 Å². The largest absolute Gasteiger partial charge is 0.462 e. The van der Waals surface area contributed by atoms with E-state index in [4.69, 9.17) is 4.74 Å². The summed E-state index contributed by atoms with van der Waals surface area (Å²) in [6.45, 7) is 2.73. The Balaban J connectivity index is 1.44. The molecule has 0 saturated heterocycles. The number of rotatable bonds is 13. The summed E-state index contributed by atoms with van der Waals surface area (Å²) in [5.74, 6) is -0.550. The van der Waals surface area contributed by atoms with E-state index in [9.17, 15) is 18.0 Å². The molecule has 3 rings (SSSR count). The maximum absolute atomic E-state index is 12.5. The average molecular weight is 509 g/mol. The van der Waals surface area contributed by atoms with E-state index >= 15 is 0 Å². The van der Waals surface area contributed by atoms with E-state index in [0.717, 1.165) is 24.0 Å². The molecule has 190 valence electrons. The Kier molecular flexibility index (Phi) is 10.2. The van der Waals surface area contributed by atoms with E-state index in [1.54, 1.807) is 48.5 Å². The van der Waals surface area contributed by atoms with Crippen LogP contribution in [0.2, 0.25) is 0 Å². The monoisotopic (exact) mass is 508 g/mol. The van der Waals surface area contributed by atoms with Crippen molar-refractivity contribution in [2.24, 2.45) is 0 Å². The number of hydrogen-bond donors (Lipinski definition) is 2. The summed E-state index contributed by atoms with van der Waals surface area (Å²) in [6.07, 6.45) is 3.09. The van der Waals surface area contributed by atoms with Gasteiger partial charge in [0, 0.05) is 18.7 Å². The summed E-state index contributed by atoms with van der Waals surface area (Å²) in [5.41, 5.74) is 2.95. The smallest absolute Gasteiger partial charge is 0.338 e. The zero-order valence-corrected chi connectivity index (χ0v) is 21.2. The first kappa shape index (κ1) is 27.1. The topological polar surface area (TPSA) is 102 Å². The number of ether oxygens (including phenoxy) is 1. The molecule has 0 spiro atoms. The van der Waals surface area contributed by atoms with Crippen LogP contribution in [-0.4, -0.2) is 33.4 Å². The highest BCUT2D eigenvalue weighted by molar-refractivity contribution is 7.89. The second-order valence-electron chi connectivity index (χ2n) is 8.39. The number of nitrogens with one attached hydrogen (secondary N) is 2. The molecule has 7 nitrogen and oxygen atoms in total. The highest BCUT2D eigenvalue weighted by Crippen LogP contribution is 2.14. The number of esters is 1. The summed E-state index contributed by atoms with van der Waals surface area (Å²) < 4.78 is 32.9. The second kappa shape index (κ2) is 13.6. The molecule has 0 heterocycles. The van der Waals surface area contributed by atoms with Gasteiger partial charge in [0.15, 0.2) is 0 Å². The number of aryl methyl sites for hydroxylation is 1. The van der Waals surface area contributed by atoms with Crippen molar-refractivity contribution < 1.29 is 22.7 Å². The lowest BCUT2D eigenvalue weighted by atomic mass is 10.1. The molecular formula is C28H32N2O5S. The molecule has 0 aromatic heterocycles. The number of benzene rings is 3. The minimum Gasteiger partial charge on any atom is -0.462 e. The number of hydrogen-bond acceptors (Lipinski definition) is 5. The molecule has 0 unspecified atom stereocenters. The third-order valence-corrected chi connectivity index (χ3v) is 7.04. The molecule has 0 atom stereocenters. The lowest BCUT2D eigenvalue weighted by Gasteiger charge is -2.09. The number of anilines is 1. The van der Waals surface area contributed by atoms with Crippen molar-refractivity contribution >= 4 is 27.6 Å². The van der Waals surface area contributed by atoms with Gasteiger partial charge < -0.3 is 10.1 Å². The van der Waals surface area contributed by atoms with E-state index in [1.807, 2.05) is 37.3 Å². The Morgan fingerprint density at radius 3 is 2.17 bits per heavy atom. The van der Waals surface area contributed by atoms with Gasteiger partial charge in [-0.05, 0) is 66.8 Å². The Morgan fingerprint density at radius 1 is 0.833 bits per heavy atom. The van der Waals surface area contributed by atoms with E-state index in [2.05, 4.69) is 10.0 Å². The molecule has 3 aromatic carbocycles. The van der Waals surface area contributed by atoms with Crippen LogP contribution >= 0.6 is 0 Å². The summed E-state index contributed by atoms with van der Waals surface area (Å²) in [7, 11) is -3.60. The van der Waals surface area contributed by atoms with Crippen LogP contribution in [0.4, 0.5) is 5.69 Å². The van der Waals surface area contributed by atoms with Crippen LogP contribution in [-0.2, 0) is 32.4 Å². The maximum atomic E-state index is 12.5. The first-order valence-electron chi connectivity index (χ1n) is 12.1. The Labute approximate surface area is 212 Å². The van der Waals surface area contributed by atoms with E-state index in [0.29, 0.717) is 37.2 Å². The van der Waals surface area contributed by atoms with Crippen molar-refractivity contribution in [2.75, 3.05) is 18.5 Å². The molecule has 2 N–H and O–H groups in total. The first-order valence-corrected chi connectivity index (χ1v) is 13.6. The molecule has 0 bridgehead atoms. The summed E-state index contributed by atoms with van der Waals surface area (Å²) in [4.78, 5) is 24.5. The molecule has 0 radical (unpaired) electrons. The van der Waals surface area contributed by atoms with Gasteiger partial charge in [-0.1, -0.05) is 55.8 Å². The fourth-order valence-corrected chi connectivity index (χ4v) is 4.49. The van der Waals surface area contributed by atoms with Crippen LogP contribution in [0, 0.1) is 0 Å². The quantitative estimate of drug-likeness (QED) is 0.257. The Hall–Kier alpha value is -3.49. The predicted molar refractivity (Wildman–Crippen MR) is 140 cm³/mol. The van der Waals surface area contributed by atoms with Crippen molar-refractivity contribution in [3.8, 4) is 0 Å². The molecule has 0 aliphatic carbocycles. The highest BCUT2D eigenvalue weighted by atomic mass is 32.2. The number of sulfonamides is 1. The molecule has 1 amide bonds. The average Bonchev–Trinajstić information content (AvgIpc) is 2.89. The lowest BCUT2D eigenvalue weighted by molar-refractivity contribution is -0.116. The molecule has 8 heteroatoms. The van der Waals surface area contributed by atoms with Crippen molar-refractivity contribution in [1.29, 1.82) is 0 Å². The van der Waals surface area contributed by atoms with Crippen molar-refractivity contribution in [3.05, 3.63) is 95.6 Å². The summed E-state index contributed by atoms with van der Waals surface area (Å²) in [6, 6.07) is 22.8. The van der Waals surface area contributed by atoms with Crippen molar-refractivity contribution in [1.82, 2.24) is 4.72 Å². The second-order valence-corrected chi connectivity index (χ2v) is 10.2. The Bertz CT molecular complexity index is 1230. The fourth-order valence-electron chi connectivity index (χ4n) is 3.46. The van der Waals surface area contributed by atoms with Crippen molar-refractivity contribution in [3.63, 3.8) is 0 Å². The molecule has 0 aliphatic rings. The minimum atomic E-state index is -3.60. The number of amides is 1. The van der Waals surface area contributed by atoms with Gasteiger partial charge in [-0.3, -0.25) is 4.79 Å². The molecular weight excluding hydrogens is 476 g/mol. The zero-order chi connectivity index (χ0) is 25.8. The van der Waals surface area contributed by atoms with Crippen LogP contribution in [0.3, 0.4) is 0 Å². The molecule has 0 aliphatic heterocycles. The SMILES string of the molecule is CCCCOC(=O)c1ccc(NC(=O)CCc2ccc(S(=O)(=O)NCCc3ccccc3)cc2)cc1. The highest BCUT2D eigenvalue weighted by Gasteiger charge is 2.14. The van der Waals surface area contributed by atoms with Gasteiger partial charge in [0.25, 0.3) is 0 Å². The normalized spacial score (nSPS) is 11.1. The van der Waals surface area contributed by atoms with Gasteiger partial charge in [0.1, 0.15) is 0 Å². The minimum absolute atomic E-state index is 0.174. The van der Waals surface area contributed by atoms with Crippen LogP contribution in [0.15, 0.2) is 83.8 Å². The van der Waals surface area contributed by atoms with Crippen LogP contribution in [0.1, 0.15) is 47.7 Å². The van der Waals surface area contributed by atoms with Gasteiger partial charge >= 0.3 is 5.97 Å². The Morgan fingerprint density at radius 2 is 1.50 bits per heavy atom. The summed E-state index contributed by atoms with van der Waals surface area (Å²) >= 11 is 0. The molecule has 3 aromatic rings. The lowest BCUT2D eigenvalue weighted by Crippen LogP contribution is -2.26. The van der Waals surface area contributed by atoms with Gasteiger partial charge in [-0.25, -0.2) is 17.9 Å². The van der Waals surface area contributed by atoms with Crippen molar-refractivity contribution in [2.45, 2.75) is 43.9 Å². The van der Waals surface area contributed by atoms with E-state index in [1.165, 1.54) is 0 Å². The first-order chi connectivity index (χ1) is 17.4. The standard InChI is InChI=1S/C28H32N2O5S/c1-2-3-21-35-28(32)24-12-14-25(15-13-24)30-27(31)18-11-23-9-16-26(17-10-23)36(33,34)29-20-19-22-7-5-4-6-8-22/h4-10,12-17,29H,2-3,11,18-21H2,1H3,(H,30,31). The summed E-state index contributed by atoms with van der Waals surface area (Å²) in [5, 5.41) is 2.81. The molecule has 0 fully saturated rings. The number of unbranched alkanes of at least 4 members (excludes halogenated alkanes) is 1. The van der Waals surface area contributed by atoms with Gasteiger partial charge in [-0.2, -0.15) is 0 Å². The predicted octanol–water partition coefficient (Wildman–Crippen LogP) is 4.74. The number of carbonyl (C=O) groups excluding carboxylic acids is 2. The van der Waals surface area contributed by atoms with Crippen LogP contribution < -0.4 is 10.0 Å². The number of carbonyl (C=O) groups is 2. The zero-order valence-electron chi connectivity index (χ0n) is 20.4. The fraction of sp³-hybridized carbons (Fsp3) is 0.286. The van der Waals surface area contributed by atoms with E-state index in [-0.39, 0.29) is 23.2 Å².